The van der Waals surface area contributed by atoms with Crippen molar-refractivity contribution in [1.82, 2.24) is 14.4 Å². The Balaban J connectivity index is 1.62. The topological polar surface area (TPSA) is 74.9 Å². The number of nitrogens with zero attached hydrogens (tertiary/aromatic N) is 4. The van der Waals surface area contributed by atoms with Crippen LogP contribution in [-0.2, 0) is 0 Å². The van der Waals surface area contributed by atoms with Crippen LogP contribution < -0.4 is 15.0 Å². The molecule has 0 amide bonds. The highest BCUT2D eigenvalue weighted by molar-refractivity contribution is 5.75. The number of benzene rings is 2. The molecule has 0 fully saturated rings. The van der Waals surface area contributed by atoms with Crippen molar-refractivity contribution in [1.29, 1.82) is 0 Å². The van der Waals surface area contributed by atoms with E-state index in [9.17, 15) is 5.11 Å². The third-order valence-electron chi connectivity index (χ3n) is 5.04. The maximum Gasteiger partial charge on any atom is 0.180 e. The van der Waals surface area contributed by atoms with Crippen molar-refractivity contribution in [2.75, 3.05) is 37.0 Å². The summed E-state index contributed by atoms with van der Waals surface area (Å²) in [7, 11) is 1.66. The van der Waals surface area contributed by atoms with Crippen LogP contribution in [0, 0.1) is 0 Å². The predicted molar refractivity (Wildman–Crippen MR) is 120 cm³/mol. The minimum Gasteiger partial charge on any atom is -0.497 e. The van der Waals surface area contributed by atoms with Gasteiger partial charge in [-0.25, -0.2) is 9.97 Å². The summed E-state index contributed by atoms with van der Waals surface area (Å²) in [5.41, 5.74) is 4.68. The fourth-order valence-corrected chi connectivity index (χ4v) is 3.49. The van der Waals surface area contributed by atoms with Crippen molar-refractivity contribution in [2.24, 2.45) is 0 Å². The van der Waals surface area contributed by atoms with Crippen molar-refractivity contribution in [3.8, 4) is 17.0 Å². The fourth-order valence-electron chi connectivity index (χ4n) is 3.49. The highest BCUT2D eigenvalue weighted by Gasteiger charge is 2.11. The molecule has 0 bridgehead atoms. The summed E-state index contributed by atoms with van der Waals surface area (Å²) in [6.07, 6.45) is 5.53. The molecule has 0 aliphatic carbocycles. The van der Waals surface area contributed by atoms with E-state index >= 15 is 0 Å². The molecule has 4 aromatic rings. The van der Waals surface area contributed by atoms with Crippen molar-refractivity contribution < 1.29 is 9.84 Å². The Kier molecular flexibility index (Phi) is 5.81. The molecular formula is C23H25N5O2. The summed E-state index contributed by atoms with van der Waals surface area (Å²) >= 11 is 0. The van der Waals surface area contributed by atoms with Gasteiger partial charge in [-0.1, -0.05) is 12.1 Å². The van der Waals surface area contributed by atoms with E-state index in [-0.39, 0.29) is 6.61 Å². The minimum absolute atomic E-state index is 0.134. The van der Waals surface area contributed by atoms with Crippen LogP contribution in [0.2, 0.25) is 0 Å². The molecule has 0 aliphatic heterocycles. The first-order chi connectivity index (χ1) is 14.7. The standard InChI is InChI=1S/C23H25N5O2/c1-3-27(13-14-29)19-9-7-18(8-10-19)26-22-23-24-11-12-28(23)21(16-25-22)17-5-4-6-20(15-17)30-2/h4-12,15-16,29H,3,13-14H2,1-2H3,(H,25,26). The van der Waals surface area contributed by atoms with Crippen LogP contribution >= 0.6 is 0 Å². The van der Waals surface area contributed by atoms with E-state index in [0.29, 0.717) is 12.4 Å². The number of likely N-dealkylation sites (N-methyl/N-ethyl adjacent to an activating group) is 1. The molecule has 2 heterocycles. The number of aliphatic hydroxyl groups excluding tert-OH is 1. The van der Waals surface area contributed by atoms with Crippen molar-refractivity contribution in [3.63, 3.8) is 0 Å². The average molecular weight is 403 g/mol. The molecule has 0 saturated heterocycles. The van der Waals surface area contributed by atoms with Crippen LogP contribution in [0.5, 0.6) is 5.75 Å². The lowest BCUT2D eigenvalue weighted by Gasteiger charge is -2.22. The molecule has 0 aliphatic rings. The van der Waals surface area contributed by atoms with Gasteiger partial charge in [0.15, 0.2) is 11.5 Å². The summed E-state index contributed by atoms with van der Waals surface area (Å²) in [5.74, 6) is 1.48. The second-order valence-electron chi connectivity index (χ2n) is 6.82. The van der Waals surface area contributed by atoms with Crippen LogP contribution in [0.4, 0.5) is 17.2 Å². The maximum atomic E-state index is 9.21. The van der Waals surface area contributed by atoms with Crippen LogP contribution in [0.15, 0.2) is 67.1 Å². The quantitative estimate of drug-likeness (QED) is 0.464. The van der Waals surface area contributed by atoms with Gasteiger partial charge >= 0.3 is 0 Å². The van der Waals surface area contributed by atoms with E-state index in [1.54, 1.807) is 13.3 Å². The Labute approximate surface area is 175 Å². The number of aliphatic hydroxyl groups is 1. The van der Waals surface area contributed by atoms with E-state index in [0.717, 1.165) is 40.6 Å². The summed E-state index contributed by atoms with van der Waals surface area (Å²) in [6, 6.07) is 16.0. The molecule has 7 nitrogen and oxygen atoms in total. The number of aromatic nitrogens is 3. The number of hydrogen-bond acceptors (Lipinski definition) is 6. The summed E-state index contributed by atoms with van der Waals surface area (Å²) in [4.78, 5) is 11.3. The van der Waals surface area contributed by atoms with E-state index < -0.39 is 0 Å². The zero-order valence-electron chi connectivity index (χ0n) is 17.1. The molecule has 0 radical (unpaired) electrons. The third kappa shape index (κ3) is 3.92. The zero-order chi connectivity index (χ0) is 20.9. The molecule has 0 atom stereocenters. The number of nitrogens with one attached hydrogen (secondary N) is 1. The monoisotopic (exact) mass is 403 g/mol. The molecule has 2 aromatic carbocycles. The molecule has 7 heteroatoms. The lowest BCUT2D eigenvalue weighted by molar-refractivity contribution is 0.302. The van der Waals surface area contributed by atoms with Crippen LogP contribution in [0.1, 0.15) is 6.92 Å². The number of ether oxygens (including phenoxy) is 1. The largest absolute Gasteiger partial charge is 0.497 e. The predicted octanol–water partition coefficient (Wildman–Crippen LogP) is 3.97. The van der Waals surface area contributed by atoms with Gasteiger partial charge < -0.3 is 20.1 Å². The Bertz CT molecular complexity index is 1120. The number of hydrogen-bond donors (Lipinski definition) is 2. The van der Waals surface area contributed by atoms with Crippen LogP contribution in [-0.4, -0.2) is 46.3 Å². The lowest BCUT2D eigenvalue weighted by atomic mass is 10.1. The Morgan fingerprint density at radius 2 is 1.97 bits per heavy atom. The first-order valence-corrected chi connectivity index (χ1v) is 9.93. The van der Waals surface area contributed by atoms with Gasteiger partial charge in [-0.05, 0) is 43.3 Å². The number of imidazole rings is 1. The number of anilines is 3. The number of fused-ring (bicyclic) bond motifs is 1. The first kappa shape index (κ1) is 19.7. The number of rotatable bonds is 8. The van der Waals surface area contributed by atoms with Crippen LogP contribution in [0.25, 0.3) is 16.9 Å². The maximum absolute atomic E-state index is 9.21. The van der Waals surface area contributed by atoms with E-state index in [1.165, 1.54) is 0 Å². The molecule has 154 valence electrons. The summed E-state index contributed by atoms with van der Waals surface area (Å²) in [5, 5.41) is 12.6. The van der Waals surface area contributed by atoms with Crippen LogP contribution in [0.3, 0.4) is 0 Å². The highest BCUT2D eigenvalue weighted by Crippen LogP contribution is 2.28. The van der Waals surface area contributed by atoms with Gasteiger partial charge in [0, 0.05) is 42.4 Å². The minimum atomic E-state index is 0.134. The van der Waals surface area contributed by atoms with Gasteiger partial charge in [-0.3, -0.25) is 4.40 Å². The fraction of sp³-hybridized carbons (Fsp3) is 0.217. The Hall–Kier alpha value is -3.58. The molecule has 2 aromatic heterocycles. The van der Waals surface area contributed by atoms with Crippen molar-refractivity contribution in [3.05, 3.63) is 67.1 Å². The molecule has 2 N–H and O–H groups in total. The van der Waals surface area contributed by atoms with Crippen molar-refractivity contribution >= 4 is 22.8 Å². The van der Waals surface area contributed by atoms with E-state index in [4.69, 9.17) is 4.74 Å². The van der Waals surface area contributed by atoms with Gasteiger partial charge in [0.2, 0.25) is 0 Å². The van der Waals surface area contributed by atoms with Crippen molar-refractivity contribution in [2.45, 2.75) is 6.92 Å². The van der Waals surface area contributed by atoms with Gasteiger partial charge in [0.05, 0.1) is 25.6 Å². The second kappa shape index (κ2) is 8.84. The third-order valence-corrected chi connectivity index (χ3v) is 5.04. The second-order valence-corrected chi connectivity index (χ2v) is 6.82. The van der Waals surface area contributed by atoms with Gasteiger partial charge in [-0.15, -0.1) is 0 Å². The molecule has 0 saturated carbocycles. The van der Waals surface area contributed by atoms with Gasteiger partial charge in [0.1, 0.15) is 5.75 Å². The normalized spacial score (nSPS) is 10.9. The Morgan fingerprint density at radius 3 is 2.70 bits per heavy atom. The SMILES string of the molecule is CCN(CCO)c1ccc(Nc2ncc(-c3cccc(OC)c3)n3ccnc23)cc1. The summed E-state index contributed by atoms with van der Waals surface area (Å²) < 4.78 is 7.36. The molecular weight excluding hydrogens is 378 g/mol. The zero-order valence-corrected chi connectivity index (χ0v) is 17.1. The van der Waals surface area contributed by atoms with Gasteiger partial charge in [-0.2, -0.15) is 0 Å². The first-order valence-electron chi connectivity index (χ1n) is 9.93. The van der Waals surface area contributed by atoms with E-state index in [2.05, 4.69) is 27.1 Å². The smallest absolute Gasteiger partial charge is 0.180 e. The van der Waals surface area contributed by atoms with E-state index in [1.807, 2.05) is 65.3 Å². The molecule has 30 heavy (non-hydrogen) atoms. The lowest BCUT2D eigenvalue weighted by Crippen LogP contribution is -2.25. The Morgan fingerprint density at radius 1 is 1.13 bits per heavy atom. The average Bonchev–Trinajstić information content (AvgIpc) is 3.29. The number of methoxy groups -OCH3 is 1. The molecule has 4 rings (SSSR count). The summed E-state index contributed by atoms with van der Waals surface area (Å²) in [6.45, 7) is 3.67. The molecule has 0 unspecified atom stereocenters. The highest BCUT2D eigenvalue weighted by atomic mass is 16.5. The molecule has 0 spiro atoms. The van der Waals surface area contributed by atoms with Gasteiger partial charge in [0.25, 0.3) is 0 Å².